The van der Waals surface area contributed by atoms with Crippen LogP contribution in [0.3, 0.4) is 0 Å². The average molecular weight is 328 g/mol. The van der Waals surface area contributed by atoms with Crippen molar-refractivity contribution < 1.29 is 9.53 Å². The van der Waals surface area contributed by atoms with Crippen molar-refractivity contribution in [1.82, 2.24) is 10.2 Å². The number of nitrogens with zero attached hydrogens (tertiary/aromatic N) is 3. The van der Waals surface area contributed by atoms with E-state index in [0.29, 0.717) is 13.1 Å². The number of morpholine rings is 1. The first kappa shape index (κ1) is 18.0. The molecule has 0 unspecified atom stereocenters. The van der Waals surface area contributed by atoms with Gasteiger partial charge in [-0.15, -0.1) is 0 Å². The Balaban J connectivity index is 1.91. The maximum Gasteiger partial charge on any atom is 0.263 e. The summed E-state index contributed by atoms with van der Waals surface area (Å²) in [6.07, 6.45) is 1.61. The Morgan fingerprint density at radius 1 is 1.38 bits per heavy atom. The van der Waals surface area contributed by atoms with Crippen molar-refractivity contribution in [3.05, 3.63) is 42.1 Å². The van der Waals surface area contributed by atoms with Crippen LogP contribution in [-0.4, -0.2) is 56.7 Å². The number of carbonyl (C=O) groups is 1. The van der Waals surface area contributed by atoms with Crippen LogP contribution in [0.15, 0.2) is 42.1 Å². The lowest BCUT2D eigenvalue weighted by atomic mass is 10.2. The first-order chi connectivity index (χ1) is 11.7. The summed E-state index contributed by atoms with van der Waals surface area (Å²) < 4.78 is 5.29. The largest absolute Gasteiger partial charge is 0.379 e. The molecule has 6 nitrogen and oxygen atoms in total. The Labute approximate surface area is 143 Å². The van der Waals surface area contributed by atoms with Crippen LogP contribution in [0.2, 0.25) is 0 Å². The van der Waals surface area contributed by atoms with E-state index >= 15 is 0 Å². The minimum absolute atomic E-state index is 0.114. The lowest BCUT2D eigenvalue weighted by molar-refractivity contribution is -0.117. The molecule has 1 amide bonds. The third kappa shape index (κ3) is 5.37. The summed E-state index contributed by atoms with van der Waals surface area (Å²) in [7, 11) is 0. The highest BCUT2D eigenvalue weighted by atomic mass is 16.5. The molecular weight excluding hydrogens is 304 g/mol. The zero-order valence-corrected chi connectivity index (χ0v) is 14.1. The Morgan fingerprint density at radius 3 is 2.71 bits per heavy atom. The van der Waals surface area contributed by atoms with E-state index in [9.17, 15) is 10.1 Å². The van der Waals surface area contributed by atoms with Crippen LogP contribution in [0.1, 0.15) is 6.92 Å². The molecule has 6 heteroatoms. The van der Waals surface area contributed by atoms with Crippen LogP contribution in [0, 0.1) is 11.3 Å². The summed E-state index contributed by atoms with van der Waals surface area (Å²) in [4.78, 5) is 16.4. The molecule has 0 radical (unpaired) electrons. The van der Waals surface area contributed by atoms with Crippen molar-refractivity contribution in [2.24, 2.45) is 0 Å². The monoisotopic (exact) mass is 328 g/mol. The van der Waals surface area contributed by atoms with E-state index in [1.807, 2.05) is 48.2 Å². The molecule has 0 spiro atoms. The topological polar surface area (TPSA) is 68.6 Å². The molecule has 1 aliphatic rings. The van der Waals surface area contributed by atoms with Crippen molar-refractivity contribution in [2.75, 3.05) is 50.8 Å². The number of hydrogen-bond donors (Lipinski definition) is 1. The molecule has 1 fully saturated rings. The number of ether oxygens (including phenoxy) is 1. The van der Waals surface area contributed by atoms with Crippen LogP contribution >= 0.6 is 0 Å². The summed E-state index contributed by atoms with van der Waals surface area (Å²) >= 11 is 0. The van der Waals surface area contributed by atoms with E-state index in [1.54, 1.807) is 6.20 Å². The SMILES string of the molecule is CCN(/C=C(/C#N)C(=O)NCCN1CCOCC1)c1ccccc1. The first-order valence-corrected chi connectivity index (χ1v) is 8.26. The highest BCUT2D eigenvalue weighted by molar-refractivity contribution is 5.97. The first-order valence-electron chi connectivity index (χ1n) is 8.26. The molecule has 2 rings (SSSR count). The second kappa shape index (κ2) is 9.71. The van der Waals surface area contributed by atoms with Crippen molar-refractivity contribution in [3.8, 4) is 6.07 Å². The van der Waals surface area contributed by atoms with Crippen LogP contribution in [0.5, 0.6) is 0 Å². The van der Waals surface area contributed by atoms with Gasteiger partial charge in [0, 0.05) is 44.6 Å². The number of amides is 1. The summed E-state index contributed by atoms with van der Waals surface area (Å²) in [5, 5.41) is 12.1. The second-order valence-corrected chi connectivity index (χ2v) is 5.49. The molecule has 0 bridgehead atoms. The zero-order valence-electron chi connectivity index (χ0n) is 14.1. The molecule has 128 valence electrons. The maximum absolute atomic E-state index is 12.2. The van der Waals surface area contributed by atoms with E-state index in [4.69, 9.17) is 4.74 Å². The molecular formula is C18H24N4O2. The predicted octanol–water partition coefficient (Wildman–Crippen LogP) is 1.37. The molecule has 0 saturated carbocycles. The predicted molar refractivity (Wildman–Crippen MR) is 93.4 cm³/mol. The molecule has 1 aromatic carbocycles. The van der Waals surface area contributed by atoms with Gasteiger partial charge in [-0.2, -0.15) is 5.26 Å². The van der Waals surface area contributed by atoms with Gasteiger partial charge in [-0.3, -0.25) is 9.69 Å². The van der Waals surface area contributed by atoms with Crippen molar-refractivity contribution in [3.63, 3.8) is 0 Å². The number of benzene rings is 1. The minimum Gasteiger partial charge on any atom is -0.379 e. The minimum atomic E-state index is -0.333. The third-order valence-corrected chi connectivity index (χ3v) is 3.90. The molecule has 1 aromatic rings. The van der Waals surface area contributed by atoms with Crippen LogP contribution < -0.4 is 10.2 Å². The Hall–Kier alpha value is -2.36. The van der Waals surface area contributed by atoms with E-state index < -0.39 is 0 Å². The van der Waals surface area contributed by atoms with Gasteiger partial charge in [-0.05, 0) is 19.1 Å². The van der Waals surface area contributed by atoms with Crippen LogP contribution in [0.4, 0.5) is 5.69 Å². The van der Waals surface area contributed by atoms with Gasteiger partial charge in [0.2, 0.25) is 0 Å². The lowest BCUT2D eigenvalue weighted by Crippen LogP contribution is -2.41. The van der Waals surface area contributed by atoms with Crippen LogP contribution in [0.25, 0.3) is 0 Å². The number of rotatable bonds is 7. The molecule has 1 saturated heterocycles. The zero-order chi connectivity index (χ0) is 17.2. The maximum atomic E-state index is 12.2. The second-order valence-electron chi connectivity index (χ2n) is 5.49. The van der Waals surface area contributed by atoms with Gasteiger partial charge in [0.05, 0.1) is 13.2 Å². The molecule has 0 aromatic heterocycles. The summed E-state index contributed by atoms with van der Waals surface area (Å²) in [6, 6.07) is 11.7. The Morgan fingerprint density at radius 2 is 2.08 bits per heavy atom. The standard InChI is InChI=1S/C18H24N4O2/c1-2-22(17-6-4-3-5-7-17)15-16(14-19)18(23)20-8-9-21-10-12-24-13-11-21/h3-7,15H,2,8-13H2,1H3,(H,20,23)/b16-15-. The number of nitrogens with one attached hydrogen (secondary N) is 1. The fourth-order valence-electron chi connectivity index (χ4n) is 2.51. The normalized spacial score (nSPS) is 15.6. The van der Waals surface area contributed by atoms with Gasteiger partial charge in [0.25, 0.3) is 5.91 Å². The smallest absolute Gasteiger partial charge is 0.263 e. The summed E-state index contributed by atoms with van der Waals surface area (Å²) in [6.45, 7) is 7.19. The third-order valence-electron chi connectivity index (χ3n) is 3.90. The number of anilines is 1. The van der Waals surface area contributed by atoms with Gasteiger partial charge >= 0.3 is 0 Å². The highest BCUT2D eigenvalue weighted by Crippen LogP contribution is 2.14. The molecule has 1 aliphatic heterocycles. The van der Waals surface area contributed by atoms with Crippen molar-refractivity contribution in [1.29, 1.82) is 5.26 Å². The number of para-hydroxylation sites is 1. The quantitative estimate of drug-likeness (QED) is 0.605. The lowest BCUT2D eigenvalue weighted by Gasteiger charge is -2.26. The highest BCUT2D eigenvalue weighted by Gasteiger charge is 2.13. The van der Waals surface area contributed by atoms with Gasteiger partial charge in [-0.1, -0.05) is 18.2 Å². The van der Waals surface area contributed by atoms with E-state index in [1.165, 1.54) is 0 Å². The van der Waals surface area contributed by atoms with Gasteiger partial charge in [-0.25, -0.2) is 0 Å². The van der Waals surface area contributed by atoms with E-state index in [2.05, 4.69) is 10.2 Å². The van der Waals surface area contributed by atoms with Crippen LogP contribution in [-0.2, 0) is 9.53 Å². The summed E-state index contributed by atoms with van der Waals surface area (Å²) in [5.74, 6) is -0.333. The van der Waals surface area contributed by atoms with Crippen molar-refractivity contribution in [2.45, 2.75) is 6.92 Å². The van der Waals surface area contributed by atoms with E-state index in [0.717, 1.165) is 38.5 Å². The molecule has 1 N–H and O–H groups in total. The number of nitriles is 1. The Kier molecular flexibility index (Phi) is 7.27. The number of carbonyl (C=O) groups excluding carboxylic acids is 1. The molecule has 1 heterocycles. The van der Waals surface area contributed by atoms with Gasteiger partial charge < -0.3 is 15.0 Å². The molecule has 0 atom stereocenters. The Bertz CT molecular complexity index is 589. The summed E-state index contributed by atoms with van der Waals surface area (Å²) in [5.41, 5.74) is 1.07. The fraction of sp³-hybridized carbons (Fsp3) is 0.444. The molecule has 0 aliphatic carbocycles. The van der Waals surface area contributed by atoms with Crippen molar-refractivity contribution >= 4 is 11.6 Å². The van der Waals surface area contributed by atoms with E-state index in [-0.39, 0.29) is 11.5 Å². The fourth-order valence-corrected chi connectivity index (χ4v) is 2.51. The van der Waals surface area contributed by atoms with Gasteiger partial charge in [0.1, 0.15) is 11.6 Å². The number of hydrogen-bond acceptors (Lipinski definition) is 5. The average Bonchev–Trinajstić information content (AvgIpc) is 2.64. The molecule has 24 heavy (non-hydrogen) atoms. The van der Waals surface area contributed by atoms with Gasteiger partial charge in [0.15, 0.2) is 0 Å².